The number of aromatic nitrogens is 3. The Balaban J connectivity index is 0.00000385. The molecule has 0 aromatic carbocycles. The number of aliphatic hydroxyl groups is 2. The van der Waals surface area contributed by atoms with Gasteiger partial charge in [-0.1, -0.05) is 13.8 Å². The molecule has 1 aromatic rings. The average molecular weight is 491 g/mol. The van der Waals surface area contributed by atoms with E-state index in [0.717, 1.165) is 11.0 Å². The number of nitrogens with one attached hydrogen (secondary N) is 1. The SMILES string of the molecule is CC(C)[C@@H](NN1CCCC1C(=O)OC[C@@H]1O[C@H](n2cnc(C(N)=O)n2)[C@@H](O)[C@H]1O)C(N)=O.[Cl-]. The van der Waals surface area contributed by atoms with Gasteiger partial charge >= 0.3 is 5.97 Å². The average Bonchev–Trinajstić information content (AvgIpc) is 3.45. The predicted octanol–water partition coefficient (Wildman–Crippen LogP) is -5.98. The van der Waals surface area contributed by atoms with E-state index in [1.165, 1.54) is 0 Å². The summed E-state index contributed by atoms with van der Waals surface area (Å²) < 4.78 is 12.0. The first-order chi connectivity index (χ1) is 15.1. The van der Waals surface area contributed by atoms with Crippen LogP contribution in [0.25, 0.3) is 0 Å². The van der Waals surface area contributed by atoms with Gasteiger partial charge in [0.2, 0.25) is 11.7 Å². The van der Waals surface area contributed by atoms with E-state index in [1.807, 2.05) is 13.8 Å². The quantitative estimate of drug-likeness (QED) is 0.206. The summed E-state index contributed by atoms with van der Waals surface area (Å²) >= 11 is 0. The highest BCUT2D eigenvalue weighted by molar-refractivity contribution is 5.88. The van der Waals surface area contributed by atoms with Crippen LogP contribution >= 0.6 is 0 Å². The maximum atomic E-state index is 12.7. The molecule has 15 heteroatoms. The third-order valence-electron chi connectivity index (χ3n) is 5.52. The number of carbonyl (C=O) groups excluding carboxylic acids is 3. The van der Waals surface area contributed by atoms with Crippen LogP contribution in [0.5, 0.6) is 0 Å². The first kappa shape index (κ1) is 26.9. The lowest BCUT2D eigenvalue weighted by atomic mass is 10.1. The van der Waals surface area contributed by atoms with E-state index in [2.05, 4.69) is 15.5 Å². The summed E-state index contributed by atoms with van der Waals surface area (Å²) in [6, 6.07) is -1.27. The van der Waals surface area contributed by atoms with E-state index in [1.54, 1.807) is 5.01 Å². The fourth-order valence-electron chi connectivity index (χ4n) is 3.74. The summed E-state index contributed by atoms with van der Waals surface area (Å²) in [5, 5.41) is 26.0. The Kier molecular flexibility index (Phi) is 9.11. The van der Waals surface area contributed by atoms with Gasteiger partial charge in [-0.05, 0) is 18.8 Å². The largest absolute Gasteiger partial charge is 1.00 e. The number of carbonyl (C=O) groups is 3. The van der Waals surface area contributed by atoms with E-state index < -0.39 is 54.4 Å². The number of ether oxygens (including phenoxy) is 2. The van der Waals surface area contributed by atoms with Crippen molar-refractivity contribution in [3.63, 3.8) is 0 Å². The molecule has 3 rings (SSSR count). The zero-order valence-corrected chi connectivity index (χ0v) is 19.0. The second kappa shape index (κ2) is 11.2. The zero-order chi connectivity index (χ0) is 23.6. The van der Waals surface area contributed by atoms with E-state index >= 15 is 0 Å². The number of nitrogens with two attached hydrogens (primary N) is 2. The molecular weight excluding hydrogens is 462 g/mol. The maximum absolute atomic E-state index is 12.7. The van der Waals surface area contributed by atoms with Crippen molar-refractivity contribution >= 4 is 17.8 Å². The first-order valence-electron chi connectivity index (χ1n) is 10.3. The summed E-state index contributed by atoms with van der Waals surface area (Å²) in [5.41, 5.74) is 13.6. The number of primary amides is 2. The van der Waals surface area contributed by atoms with Gasteiger partial charge in [0.25, 0.3) is 5.91 Å². The molecule has 14 nitrogen and oxygen atoms in total. The number of nitrogens with zero attached hydrogens (tertiary/aromatic N) is 4. The number of hydrazine groups is 1. The van der Waals surface area contributed by atoms with Crippen molar-refractivity contribution in [2.45, 2.75) is 63.3 Å². The molecule has 2 aliphatic rings. The van der Waals surface area contributed by atoms with Crippen molar-refractivity contribution < 1.29 is 46.5 Å². The fraction of sp³-hybridized carbons (Fsp3) is 0.722. The number of esters is 1. The van der Waals surface area contributed by atoms with Gasteiger partial charge < -0.3 is 43.6 Å². The van der Waals surface area contributed by atoms with Crippen LogP contribution < -0.4 is 29.3 Å². The third-order valence-corrected chi connectivity index (χ3v) is 5.52. The van der Waals surface area contributed by atoms with Gasteiger partial charge in [-0.2, -0.15) is 0 Å². The Morgan fingerprint density at radius 1 is 1.30 bits per heavy atom. The molecule has 0 aliphatic carbocycles. The van der Waals surface area contributed by atoms with Crippen LogP contribution in [0, 0.1) is 5.92 Å². The van der Waals surface area contributed by atoms with E-state index in [-0.39, 0.29) is 30.8 Å². The topological polar surface area (TPSA) is 208 Å². The summed E-state index contributed by atoms with van der Waals surface area (Å²) in [4.78, 5) is 39.2. The number of aliphatic hydroxyl groups excluding tert-OH is 2. The van der Waals surface area contributed by atoms with Crippen molar-refractivity contribution in [1.29, 1.82) is 0 Å². The molecular formula is C18H29ClN7O7-. The van der Waals surface area contributed by atoms with Crippen LogP contribution in [0.1, 0.15) is 43.5 Å². The van der Waals surface area contributed by atoms with Crippen molar-refractivity contribution in [3.8, 4) is 0 Å². The van der Waals surface area contributed by atoms with Gasteiger partial charge in [-0.3, -0.25) is 14.4 Å². The zero-order valence-electron chi connectivity index (χ0n) is 18.2. The molecule has 7 N–H and O–H groups in total. The Morgan fingerprint density at radius 3 is 2.58 bits per heavy atom. The molecule has 2 fully saturated rings. The molecule has 2 aliphatic heterocycles. The molecule has 186 valence electrons. The van der Waals surface area contributed by atoms with Gasteiger partial charge in [0, 0.05) is 6.54 Å². The second-order valence-electron chi connectivity index (χ2n) is 8.19. The minimum Gasteiger partial charge on any atom is -1.00 e. The fourth-order valence-corrected chi connectivity index (χ4v) is 3.74. The number of hydrogen-bond acceptors (Lipinski definition) is 11. The van der Waals surface area contributed by atoms with E-state index in [4.69, 9.17) is 20.9 Å². The molecule has 0 bridgehead atoms. The van der Waals surface area contributed by atoms with Gasteiger partial charge in [-0.15, -0.1) is 5.10 Å². The molecule has 1 unspecified atom stereocenters. The summed E-state index contributed by atoms with van der Waals surface area (Å²) in [6.07, 6.45) is -2.56. The molecule has 1 aromatic heterocycles. The summed E-state index contributed by atoms with van der Waals surface area (Å²) in [7, 11) is 0. The number of rotatable bonds is 9. The van der Waals surface area contributed by atoms with Crippen LogP contribution in [-0.2, 0) is 19.1 Å². The lowest BCUT2D eigenvalue weighted by molar-refractivity contribution is -0.157. The Hall–Kier alpha value is -2.36. The van der Waals surface area contributed by atoms with Crippen molar-refractivity contribution in [1.82, 2.24) is 25.2 Å². The predicted molar refractivity (Wildman–Crippen MR) is 106 cm³/mol. The van der Waals surface area contributed by atoms with Gasteiger partial charge in [0.15, 0.2) is 6.23 Å². The van der Waals surface area contributed by atoms with Gasteiger partial charge in [-0.25, -0.2) is 20.1 Å². The number of amides is 2. The van der Waals surface area contributed by atoms with Crippen LogP contribution in [0.4, 0.5) is 0 Å². The molecule has 33 heavy (non-hydrogen) atoms. The Bertz CT molecular complexity index is 854. The monoisotopic (exact) mass is 490 g/mol. The van der Waals surface area contributed by atoms with E-state index in [0.29, 0.717) is 19.4 Å². The molecule has 0 spiro atoms. The number of halogens is 1. The summed E-state index contributed by atoms with van der Waals surface area (Å²) in [5.74, 6) is -2.28. The van der Waals surface area contributed by atoms with Crippen molar-refractivity contribution in [2.24, 2.45) is 17.4 Å². The molecule has 2 saturated heterocycles. The van der Waals surface area contributed by atoms with Crippen LogP contribution in [0.3, 0.4) is 0 Å². The van der Waals surface area contributed by atoms with Crippen molar-refractivity contribution in [3.05, 3.63) is 12.2 Å². The molecule has 2 amide bonds. The minimum atomic E-state index is -1.40. The third kappa shape index (κ3) is 5.96. The molecule has 6 atom stereocenters. The normalized spacial score (nSPS) is 28.5. The van der Waals surface area contributed by atoms with Gasteiger partial charge in [0.1, 0.15) is 43.3 Å². The van der Waals surface area contributed by atoms with Crippen LogP contribution in [-0.4, -0.2) is 91.3 Å². The summed E-state index contributed by atoms with van der Waals surface area (Å²) in [6.45, 7) is 3.90. The second-order valence-corrected chi connectivity index (χ2v) is 8.19. The van der Waals surface area contributed by atoms with Crippen LogP contribution in [0.2, 0.25) is 0 Å². The maximum Gasteiger partial charge on any atom is 0.324 e. The number of hydrogen-bond donors (Lipinski definition) is 5. The first-order valence-corrected chi connectivity index (χ1v) is 10.3. The smallest absolute Gasteiger partial charge is 0.324 e. The van der Waals surface area contributed by atoms with Crippen LogP contribution in [0.15, 0.2) is 6.33 Å². The molecule has 3 heterocycles. The lowest BCUT2D eigenvalue weighted by Crippen LogP contribution is -3.00. The highest BCUT2D eigenvalue weighted by atomic mass is 35.5. The molecule has 0 saturated carbocycles. The standard InChI is InChI=1S/C18H29N7O7.ClH/c1-8(2)11(14(19)28)22-24-5-3-4-9(24)18(30)31-6-10-12(26)13(27)17(32-10)25-7-21-16(23-25)15(20)29;/h7-13,17,22,26-27H,3-6H2,1-2H3,(H2,19,28)(H2,20,29);1H/p-1/t9?,10-,11+,12-,13-,17-;/m0./s1. The molecule has 0 radical (unpaired) electrons. The highest BCUT2D eigenvalue weighted by Gasteiger charge is 2.45. The van der Waals surface area contributed by atoms with Crippen molar-refractivity contribution in [2.75, 3.05) is 13.2 Å². The van der Waals surface area contributed by atoms with Gasteiger partial charge in [0.05, 0.1) is 0 Å². The Morgan fingerprint density at radius 2 is 2.00 bits per heavy atom. The van der Waals surface area contributed by atoms with E-state index in [9.17, 15) is 24.6 Å². The minimum absolute atomic E-state index is 0. The highest BCUT2D eigenvalue weighted by Crippen LogP contribution is 2.29. The Labute approximate surface area is 195 Å². The lowest BCUT2D eigenvalue weighted by Gasteiger charge is -2.29.